The van der Waals surface area contributed by atoms with Crippen LogP contribution in [0.15, 0.2) is 84.9 Å². The molecule has 4 nitrogen and oxygen atoms in total. The van der Waals surface area contributed by atoms with Crippen LogP contribution in [0.2, 0.25) is 5.02 Å². The first-order valence-corrected chi connectivity index (χ1v) is 10.1. The summed E-state index contributed by atoms with van der Waals surface area (Å²) in [6.07, 6.45) is 0.234. The molecule has 0 heterocycles. The van der Waals surface area contributed by atoms with Gasteiger partial charge in [0.15, 0.2) is 0 Å². The van der Waals surface area contributed by atoms with Crippen molar-refractivity contribution in [3.63, 3.8) is 0 Å². The maximum atomic E-state index is 13.6. The molecule has 0 saturated carbocycles. The Morgan fingerprint density at radius 1 is 0.900 bits per heavy atom. The molecule has 0 bridgehead atoms. The van der Waals surface area contributed by atoms with E-state index >= 15 is 0 Å². The fourth-order valence-electron chi connectivity index (χ4n) is 3.49. The molecule has 0 aromatic heterocycles. The predicted octanol–water partition coefficient (Wildman–Crippen LogP) is 4.55. The van der Waals surface area contributed by atoms with E-state index in [-0.39, 0.29) is 12.3 Å². The van der Waals surface area contributed by atoms with Crippen molar-refractivity contribution in [2.24, 2.45) is 0 Å². The summed E-state index contributed by atoms with van der Waals surface area (Å²) in [5, 5.41) is 3.45. The lowest BCUT2D eigenvalue weighted by atomic mass is 9.75. The van der Waals surface area contributed by atoms with Crippen LogP contribution >= 0.6 is 11.6 Å². The van der Waals surface area contributed by atoms with Gasteiger partial charge in [0.2, 0.25) is 5.91 Å². The third kappa shape index (κ3) is 4.55. The van der Waals surface area contributed by atoms with Gasteiger partial charge >= 0.3 is 5.97 Å². The smallest absolute Gasteiger partial charge is 0.328 e. The first kappa shape index (κ1) is 21.6. The largest absolute Gasteiger partial charge is 0.467 e. The van der Waals surface area contributed by atoms with Crippen LogP contribution in [0.3, 0.4) is 0 Å². The molecule has 0 fully saturated rings. The number of carbonyl (C=O) groups is 2. The van der Waals surface area contributed by atoms with Crippen LogP contribution in [-0.4, -0.2) is 25.0 Å². The number of benzene rings is 3. The summed E-state index contributed by atoms with van der Waals surface area (Å²) in [5.41, 5.74) is 1.43. The third-order valence-corrected chi connectivity index (χ3v) is 5.70. The highest BCUT2D eigenvalue weighted by Crippen LogP contribution is 2.32. The van der Waals surface area contributed by atoms with Gasteiger partial charge < -0.3 is 10.1 Å². The molecule has 0 saturated heterocycles. The van der Waals surface area contributed by atoms with Gasteiger partial charge in [-0.2, -0.15) is 0 Å². The minimum absolute atomic E-state index is 0.234. The van der Waals surface area contributed by atoms with Gasteiger partial charge in [-0.1, -0.05) is 90.5 Å². The van der Waals surface area contributed by atoms with Crippen LogP contribution in [0.1, 0.15) is 23.6 Å². The van der Waals surface area contributed by atoms with E-state index < -0.39 is 17.4 Å². The second-order valence-electron chi connectivity index (χ2n) is 7.20. The molecule has 0 radical (unpaired) electrons. The molecular formula is C25H24ClNO3. The fraction of sp³-hybridized carbons (Fsp3) is 0.200. The third-order valence-electron chi connectivity index (χ3n) is 5.33. The van der Waals surface area contributed by atoms with Crippen LogP contribution in [0, 0.1) is 0 Å². The number of halogens is 1. The molecule has 3 aromatic carbocycles. The summed E-state index contributed by atoms with van der Waals surface area (Å²) < 4.78 is 4.95. The van der Waals surface area contributed by atoms with Crippen molar-refractivity contribution in [3.8, 4) is 0 Å². The molecule has 1 amide bonds. The number of amides is 1. The first-order chi connectivity index (χ1) is 14.5. The van der Waals surface area contributed by atoms with Crippen LogP contribution < -0.4 is 5.32 Å². The fourth-order valence-corrected chi connectivity index (χ4v) is 3.71. The van der Waals surface area contributed by atoms with Gasteiger partial charge in [-0.3, -0.25) is 4.79 Å². The molecule has 0 aliphatic rings. The Kier molecular flexibility index (Phi) is 6.91. The molecule has 0 unspecified atom stereocenters. The Morgan fingerprint density at radius 2 is 1.40 bits per heavy atom. The van der Waals surface area contributed by atoms with Gasteiger partial charge in [-0.25, -0.2) is 4.79 Å². The van der Waals surface area contributed by atoms with Gasteiger partial charge in [0.25, 0.3) is 0 Å². The van der Waals surface area contributed by atoms with Crippen LogP contribution in [0.4, 0.5) is 0 Å². The zero-order valence-corrected chi connectivity index (χ0v) is 17.7. The van der Waals surface area contributed by atoms with E-state index in [0.717, 1.165) is 16.7 Å². The van der Waals surface area contributed by atoms with Crippen molar-refractivity contribution in [2.75, 3.05) is 7.11 Å². The molecule has 30 heavy (non-hydrogen) atoms. The average molecular weight is 422 g/mol. The lowest BCUT2D eigenvalue weighted by Gasteiger charge is -2.31. The summed E-state index contributed by atoms with van der Waals surface area (Å²) in [6.45, 7) is 1.86. The van der Waals surface area contributed by atoms with Crippen molar-refractivity contribution in [1.82, 2.24) is 5.32 Å². The molecule has 5 heteroatoms. The van der Waals surface area contributed by atoms with E-state index in [0.29, 0.717) is 5.02 Å². The Hall–Kier alpha value is -3.11. The summed E-state index contributed by atoms with van der Waals surface area (Å²) in [7, 11) is 1.31. The van der Waals surface area contributed by atoms with Crippen molar-refractivity contribution in [3.05, 3.63) is 107 Å². The molecule has 154 valence electrons. The number of hydrogen-bond acceptors (Lipinski definition) is 3. The molecule has 3 aromatic rings. The quantitative estimate of drug-likeness (QED) is 0.569. The van der Waals surface area contributed by atoms with Crippen molar-refractivity contribution in [2.45, 2.75) is 24.8 Å². The monoisotopic (exact) mass is 421 g/mol. The number of ether oxygens (including phenoxy) is 1. The van der Waals surface area contributed by atoms with Crippen LogP contribution in [-0.2, 0) is 26.2 Å². The lowest BCUT2D eigenvalue weighted by Crippen LogP contribution is -2.51. The number of nitrogens with one attached hydrogen (secondary N) is 1. The van der Waals surface area contributed by atoms with E-state index in [1.54, 1.807) is 6.07 Å². The zero-order valence-electron chi connectivity index (χ0n) is 17.0. The van der Waals surface area contributed by atoms with Gasteiger partial charge in [-0.15, -0.1) is 0 Å². The number of rotatable bonds is 7. The molecule has 1 atom stereocenters. The SMILES string of the molecule is COC(=O)[C@H](Cc1ccccc1Cl)NC(=O)C(C)(c1ccccc1)c1ccccc1. The maximum absolute atomic E-state index is 13.6. The normalized spacial score (nSPS) is 12.1. The highest BCUT2D eigenvalue weighted by atomic mass is 35.5. The highest BCUT2D eigenvalue weighted by Gasteiger charge is 2.39. The summed E-state index contributed by atoms with van der Waals surface area (Å²) in [6, 6.07) is 25.4. The Balaban J connectivity index is 1.97. The maximum Gasteiger partial charge on any atom is 0.328 e. The molecule has 3 rings (SSSR count). The van der Waals surface area contributed by atoms with Gasteiger partial charge in [-0.05, 0) is 29.7 Å². The Bertz CT molecular complexity index is 966. The highest BCUT2D eigenvalue weighted by molar-refractivity contribution is 6.31. The summed E-state index contributed by atoms with van der Waals surface area (Å²) in [5.74, 6) is -0.811. The molecule has 0 aliphatic carbocycles. The Morgan fingerprint density at radius 3 is 1.90 bits per heavy atom. The minimum atomic E-state index is -0.991. The first-order valence-electron chi connectivity index (χ1n) is 9.70. The van der Waals surface area contributed by atoms with Crippen molar-refractivity contribution < 1.29 is 14.3 Å². The molecule has 1 N–H and O–H groups in total. The van der Waals surface area contributed by atoms with Crippen molar-refractivity contribution >= 4 is 23.5 Å². The predicted molar refractivity (Wildman–Crippen MR) is 118 cm³/mol. The van der Waals surface area contributed by atoms with Gasteiger partial charge in [0.05, 0.1) is 12.5 Å². The zero-order chi connectivity index (χ0) is 21.6. The molecule has 0 aliphatic heterocycles. The lowest BCUT2D eigenvalue weighted by molar-refractivity contribution is -0.145. The van der Waals surface area contributed by atoms with Gasteiger partial charge in [0.1, 0.15) is 6.04 Å². The van der Waals surface area contributed by atoms with Crippen molar-refractivity contribution in [1.29, 1.82) is 0 Å². The molecule has 0 spiro atoms. The minimum Gasteiger partial charge on any atom is -0.467 e. The summed E-state index contributed by atoms with van der Waals surface area (Å²) in [4.78, 5) is 26.1. The second kappa shape index (κ2) is 9.59. The van der Waals surface area contributed by atoms with Crippen LogP contribution in [0.5, 0.6) is 0 Å². The number of esters is 1. The summed E-state index contributed by atoms with van der Waals surface area (Å²) >= 11 is 6.27. The van der Waals surface area contributed by atoms with E-state index in [9.17, 15) is 9.59 Å². The van der Waals surface area contributed by atoms with Crippen LogP contribution in [0.25, 0.3) is 0 Å². The Labute approximate surface area is 181 Å². The van der Waals surface area contributed by atoms with E-state index in [4.69, 9.17) is 16.3 Å². The van der Waals surface area contributed by atoms with Gasteiger partial charge in [0, 0.05) is 11.4 Å². The number of hydrogen-bond donors (Lipinski definition) is 1. The topological polar surface area (TPSA) is 55.4 Å². The van der Waals surface area contributed by atoms with E-state index in [1.165, 1.54) is 7.11 Å². The second-order valence-corrected chi connectivity index (χ2v) is 7.61. The van der Waals surface area contributed by atoms with E-state index in [2.05, 4.69) is 5.32 Å². The molecular weight excluding hydrogens is 398 g/mol. The average Bonchev–Trinajstić information content (AvgIpc) is 2.80. The number of carbonyl (C=O) groups excluding carboxylic acids is 2. The number of methoxy groups -OCH3 is 1. The standard InChI is InChI=1S/C25H24ClNO3/c1-25(19-12-5-3-6-13-19,20-14-7-4-8-15-20)24(29)27-22(23(28)30-2)17-18-11-9-10-16-21(18)26/h3-16,22H,17H2,1-2H3,(H,27,29)/t22-/m0/s1. The van der Waals surface area contributed by atoms with E-state index in [1.807, 2.05) is 85.8 Å².